The molecule has 1 saturated carbocycles. The van der Waals surface area contributed by atoms with E-state index in [0.29, 0.717) is 52.0 Å². The predicted octanol–water partition coefficient (Wildman–Crippen LogP) is 6.88. The van der Waals surface area contributed by atoms with E-state index < -0.39 is 5.82 Å². The van der Waals surface area contributed by atoms with Crippen LogP contribution in [0.1, 0.15) is 57.9 Å². The maximum atomic E-state index is 16.7. The number of aryl methyl sites for hydroxylation is 1. The van der Waals surface area contributed by atoms with Gasteiger partial charge >= 0.3 is 6.01 Å². The van der Waals surface area contributed by atoms with Crippen LogP contribution in [0.25, 0.3) is 32.9 Å². The Morgan fingerprint density at radius 2 is 1.88 bits per heavy atom. The van der Waals surface area contributed by atoms with Crippen LogP contribution < -0.4 is 9.64 Å². The van der Waals surface area contributed by atoms with Crippen LogP contribution in [0.2, 0.25) is 0 Å². The van der Waals surface area contributed by atoms with Gasteiger partial charge in [-0.05, 0) is 98.5 Å². The molecule has 43 heavy (non-hydrogen) atoms. The lowest BCUT2D eigenvalue weighted by Gasteiger charge is -2.32. The molecule has 0 spiro atoms. The van der Waals surface area contributed by atoms with Gasteiger partial charge in [-0.1, -0.05) is 19.9 Å². The van der Waals surface area contributed by atoms with Gasteiger partial charge in [0.2, 0.25) is 0 Å². The number of hydrogen-bond acceptors (Lipinski definition) is 7. The summed E-state index contributed by atoms with van der Waals surface area (Å²) in [5.41, 5.74) is 1.03. The van der Waals surface area contributed by atoms with Crippen molar-refractivity contribution in [1.82, 2.24) is 19.9 Å². The standard InChI is InChI=1S/C34H39F2N5O2/c1-3-24-27(35)9-8-22-15-23(42)16-25(28(22)24)30-29(36)31-26(17-37-30)32(41-14-6-7-21(2)18-41)39-33(38-31)43-20-34(10-11-34)19-40-12-4-5-13-40/h8-9,15-17,21,42H,3-7,10-14,18-20H2,1-2H3. The molecule has 7 nitrogen and oxygen atoms in total. The number of aromatic hydroxyl groups is 1. The summed E-state index contributed by atoms with van der Waals surface area (Å²) in [5.74, 6) is 0.0735. The number of anilines is 1. The van der Waals surface area contributed by atoms with E-state index in [-0.39, 0.29) is 34.2 Å². The van der Waals surface area contributed by atoms with Crippen molar-refractivity contribution in [3.63, 3.8) is 0 Å². The molecule has 2 aliphatic heterocycles. The fraction of sp³-hybridized carbons (Fsp3) is 0.500. The molecule has 0 radical (unpaired) electrons. The number of aromatic nitrogens is 3. The molecule has 1 atom stereocenters. The molecule has 4 aromatic rings. The van der Waals surface area contributed by atoms with Crippen LogP contribution in [-0.2, 0) is 6.42 Å². The van der Waals surface area contributed by atoms with Gasteiger partial charge in [0.1, 0.15) is 28.6 Å². The van der Waals surface area contributed by atoms with Gasteiger partial charge in [-0.3, -0.25) is 4.98 Å². The molecule has 0 amide bonds. The second-order valence-corrected chi connectivity index (χ2v) is 12.9. The van der Waals surface area contributed by atoms with Gasteiger partial charge in [0.15, 0.2) is 5.82 Å². The van der Waals surface area contributed by atoms with Gasteiger partial charge in [-0.15, -0.1) is 0 Å². The summed E-state index contributed by atoms with van der Waals surface area (Å²) in [4.78, 5) is 18.8. The molecule has 226 valence electrons. The third kappa shape index (κ3) is 5.37. The number of piperidine rings is 1. The van der Waals surface area contributed by atoms with Crippen LogP contribution in [0.15, 0.2) is 30.5 Å². The van der Waals surface area contributed by atoms with E-state index in [2.05, 4.69) is 26.7 Å². The van der Waals surface area contributed by atoms with E-state index in [4.69, 9.17) is 9.72 Å². The Balaban J connectivity index is 1.33. The van der Waals surface area contributed by atoms with Crippen molar-refractivity contribution in [3.05, 3.63) is 47.7 Å². The summed E-state index contributed by atoms with van der Waals surface area (Å²) in [5, 5.41) is 12.2. The maximum Gasteiger partial charge on any atom is 0.319 e. The van der Waals surface area contributed by atoms with Gasteiger partial charge < -0.3 is 19.6 Å². The lowest BCUT2D eigenvalue weighted by molar-refractivity contribution is 0.170. The maximum absolute atomic E-state index is 16.7. The van der Waals surface area contributed by atoms with E-state index in [9.17, 15) is 9.50 Å². The number of halogens is 2. The summed E-state index contributed by atoms with van der Waals surface area (Å²) in [7, 11) is 0. The topological polar surface area (TPSA) is 74.6 Å². The lowest BCUT2D eigenvalue weighted by atomic mass is 9.94. The minimum Gasteiger partial charge on any atom is -0.508 e. The SMILES string of the molecule is CCc1c(F)ccc2cc(O)cc(-c3ncc4c(N5CCCC(C)C5)nc(OCC5(CN6CCCC6)CC5)nc4c3F)c12. The zero-order chi connectivity index (χ0) is 29.7. The summed E-state index contributed by atoms with van der Waals surface area (Å²) in [6, 6.07) is 6.18. The van der Waals surface area contributed by atoms with Gasteiger partial charge in [-0.2, -0.15) is 9.97 Å². The lowest BCUT2D eigenvalue weighted by Crippen LogP contribution is -2.35. The Morgan fingerprint density at radius 3 is 2.63 bits per heavy atom. The number of phenolic OH excluding ortho intramolecular Hbond substituents is 1. The quantitative estimate of drug-likeness (QED) is 0.241. The van der Waals surface area contributed by atoms with Crippen molar-refractivity contribution in [2.24, 2.45) is 11.3 Å². The Bertz CT molecular complexity index is 1690. The molecule has 2 aromatic heterocycles. The first kappa shape index (κ1) is 28.2. The second kappa shape index (κ2) is 11.2. The number of benzene rings is 2. The first-order valence-electron chi connectivity index (χ1n) is 15.7. The van der Waals surface area contributed by atoms with Crippen molar-refractivity contribution < 1.29 is 18.6 Å². The minimum atomic E-state index is -0.632. The van der Waals surface area contributed by atoms with Crippen molar-refractivity contribution in [2.75, 3.05) is 44.2 Å². The Morgan fingerprint density at radius 1 is 1.07 bits per heavy atom. The van der Waals surface area contributed by atoms with Crippen LogP contribution in [-0.4, -0.2) is 64.3 Å². The molecule has 4 heterocycles. The van der Waals surface area contributed by atoms with E-state index in [1.807, 2.05) is 6.92 Å². The van der Waals surface area contributed by atoms with Gasteiger partial charge in [0.05, 0.1) is 12.0 Å². The predicted molar refractivity (Wildman–Crippen MR) is 165 cm³/mol. The monoisotopic (exact) mass is 587 g/mol. The first-order valence-corrected chi connectivity index (χ1v) is 15.7. The molecular weight excluding hydrogens is 548 g/mol. The molecule has 3 fully saturated rings. The van der Waals surface area contributed by atoms with E-state index in [1.54, 1.807) is 18.3 Å². The highest BCUT2D eigenvalue weighted by Crippen LogP contribution is 2.47. The average molecular weight is 588 g/mol. The Labute approximate surface area is 250 Å². The van der Waals surface area contributed by atoms with Crippen molar-refractivity contribution >= 4 is 27.5 Å². The highest BCUT2D eigenvalue weighted by Gasteiger charge is 2.45. The van der Waals surface area contributed by atoms with Crippen molar-refractivity contribution in [2.45, 2.75) is 58.8 Å². The number of hydrogen-bond donors (Lipinski definition) is 1. The molecule has 1 unspecified atom stereocenters. The Hall–Kier alpha value is -3.59. The van der Waals surface area contributed by atoms with E-state index >= 15 is 4.39 Å². The number of pyridine rings is 1. The smallest absolute Gasteiger partial charge is 0.319 e. The minimum absolute atomic E-state index is 0.0176. The van der Waals surface area contributed by atoms with Crippen LogP contribution >= 0.6 is 0 Å². The fourth-order valence-electron chi connectivity index (χ4n) is 7.09. The zero-order valence-corrected chi connectivity index (χ0v) is 25.0. The third-order valence-electron chi connectivity index (χ3n) is 9.58. The van der Waals surface area contributed by atoms with Crippen molar-refractivity contribution in [1.29, 1.82) is 0 Å². The molecule has 0 bridgehead atoms. The van der Waals surface area contributed by atoms with Gasteiger partial charge in [0.25, 0.3) is 0 Å². The Kier molecular flexibility index (Phi) is 7.32. The zero-order valence-electron chi connectivity index (χ0n) is 25.0. The highest BCUT2D eigenvalue weighted by molar-refractivity contribution is 6.01. The molecule has 9 heteroatoms. The molecule has 1 aliphatic carbocycles. The molecular formula is C34H39F2N5O2. The van der Waals surface area contributed by atoms with Crippen LogP contribution in [0, 0.1) is 23.0 Å². The largest absolute Gasteiger partial charge is 0.508 e. The van der Waals surface area contributed by atoms with Gasteiger partial charge in [-0.25, -0.2) is 8.78 Å². The summed E-state index contributed by atoms with van der Waals surface area (Å²) >= 11 is 0. The summed E-state index contributed by atoms with van der Waals surface area (Å²) in [6.07, 6.45) is 8.90. The average Bonchev–Trinajstić information content (AvgIpc) is 3.57. The van der Waals surface area contributed by atoms with Gasteiger partial charge in [0, 0.05) is 36.8 Å². The summed E-state index contributed by atoms with van der Waals surface area (Å²) in [6.45, 7) is 9.49. The van der Waals surface area contributed by atoms with E-state index in [0.717, 1.165) is 58.4 Å². The van der Waals surface area contributed by atoms with Crippen molar-refractivity contribution in [3.8, 4) is 23.0 Å². The fourth-order valence-corrected chi connectivity index (χ4v) is 7.09. The second-order valence-electron chi connectivity index (χ2n) is 12.9. The molecule has 1 N–H and O–H groups in total. The molecule has 7 rings (SSSR count). The number of fused-ring (bicyclic) bond motifs is 2. The number of rotatable bonds is 8. The number of likely N-dealkylation sites (tertiary alicyclic amines) is 1. The number of ether oxygens (including phenoxy) is 1. The first-order chi connectivity index (χ1) is 20.8. The normalized spacial score (nSPS) is 20.3. The molecule has 2 aromatic carbocycles. The number of phenols is 1. The van der Waals surface area contributed by atoms with E-state index in [1.165, 1.54) is 25.0 Å². The highest BCUT2D eigenvalue weighted by atomic mass is 19.1. The van der Waals surface area contributed by atoms with Crippen LogP contribution in [0.4, 0.5) is 14.6 Å². The van der Waals surface area contributed by atoms with Crippen LogP contribution in [0.3, 0.4) is 0 Å². The molecule has 2 saturated heterocycles. The van der Waals surface area contributed by atoms with Crippen LogP contribution in [0.5, 0.6) is 11.8 Å². The summed E-state index contributed by atoms with van der Waals surface area (Å²) < 4.78 is 37.9. The third-order valence-corrected chi connectivity index (χ3v) is 9.58. The molecule has 3 aliphatic rings. The number of nitrogens with zero attached hydrogens (tertiary/aromatic N) is 5.